The van der Waals surface area contributed by atoms with E-state index in [2.05, 4.69) is 22.9 Å². The van der Waals surface area contributed by atoms with Gasteiger partial charge in [-0.2, -0.15) is 0 Å². The maximum atomic E-state index is 3.50. The van der Waals surface area contributed by atoms with Gasteiger partial charge >= 0.3 is 0 Å². The van der Waals surface area contributed by atoms with Gasteiger partial charge in [-0.15, -0.1) is 0 Å². The van der Waals surface area contributed by atoms with Crippen molar-refractivity contribution in [2.45, 2.75) is 32.6 Å². The summed E-state index contributed by atoms with van der Waals surface area (Å²) in [6, 6.07) is 0. The lowest BCUT2D eigenvalue weighted by atomic mass is 9.74. The van der Waals surface area contributed by atoms with Crippen LogP contribution in [0, 0.1) is 11.8 Å². The van der Waals surface area contributed by atoms with Crippen molar-refractivity contribution in [3.05, 3.63) is 0 Å². The van der Waals surface area contributed by atoms with Gasteiger partial charge in [0, 0.05) is 5.33 Å². The summed E-state index contributed by atoms with van der Waals surface area (Å²) < 4.78 is 0. The summed E-state index contributed by atoms with van der Waals surface area (Å²) in [6.45, 7) is 2.28. The van der Waals surface area contributed by atoms with Crippen molar-refractivity contribution in [1.82, 2.24) is 0 Å². The Hall–Kier alpha value is 0.480. The van der Waals surface area contributed by atoms with Gasteiger partial charge in [0.1, 0.15) is 0 Å². The molecular weight excluding hydrogens is 176 g/mol. The molecule has 0 N–H and O–H groups in total. The highest BCUT2D eigenvalue weighted by Crippen LogP contribution is 2.37. The molecule has 0 aromatic carbocycles. The lowest BCUT2D eigenvalue weighted by Crippen LogP contribution is -2.24. The van der Waals surface area contributed by atoms with Crippen LogP contribution < -0.4 is 0 Å². The highest BCUT2D eigenvalue weighted by molar-refractivity contribution is 9.09. The quantitative estimate of drug-likeness (QED) is 0.601. The van der Waals surface area contributed by atoms with Crippen LogP contribution in [0.3, 0.4) is 0 Å². The Morgan fingerprint density at radius 2 is 2.00 bits per heavy atom. The average molecular weight is 191 g/mol. The standard InChI is InChI=1S/C8H15Br/c1-2-3-7-4-8(5-7)6-9/h7-8H,2-6H2,1H3. The van der Waals surface area contributed by atoms with Gasteiger partial charge < -0.3 is 0 Å². The maximum absolute atomic E-state index is 3.50. The number of rotatable bonds is 3. The molecule has 1 fully saturated rings. The van der Waals surface area contributed by atoms with Gasteiger partial charge in [0.15, 0.2) is 0 Å². The van der Waals surface area contributed by atoms with Crippen LogP contribution in [0.5, 0.6) is 0 Å². The molecule has 1 rings (SSSR count). The molecule has 1 saturated carbocycles. The van der Waals surface area contributed by atoms with E-state index in [4.69, 9.17) is 0 Å². The van der Waals surface area contributed by atoms with Crippen molar-refractivity contribution in [3.8, 4) is 0 Å². The van der Waals surface area contributed by atoms with Crippen LogP contribution in [-0.2, 0) is 0 Å². The predicted octanol–water partition coefficient (Wildman–Crippen LogP) is 3.21. The van der Waals surface area contributed by atoms with E-state index < -0.39 is 0 Å². The van der Waals surface area contributed by atoms with Crippen molar-refractivity contribution in [2.24, 2.45) is 11.8 Å². The van der Waals surface area contributed by atoms with Crippen LogP contribution in [0.25, 0.3) is 0 Å². The zero-order valence-corrected chi connectivity index (χ0v) is 7.65. The largest absolute Gasteiger partial charge is 0.0925 e. The zero-order valence-electron chi connectivity index (χ0n) is 6.07. The van der Waals surface area contributed by atoms with Gasteiger partial charge in [0.2, 0.25) is 0 Å². The Bertz CT molecular complexity index is 74.6. The third-order valence-electron chi connectivity index (χ3n) is 2.25. The van der Waals surface area contributed by atoms with Gasteiger partial charge in [-0.1, -0.05) is 35.7 Å². The molecule has 0 radical (unpaired) electrons. The summed E-state index contributed by atoms with van der Waals surface area (Å²) >= 11 is 3.50. The molecule has 0 atom stereocenters. The molecule has 1 aliphatic rings. The third-order valence-corrected chi connectivity index (χ3v) is 3.16. The summed E-state index contributed by atoms with van der Waals surface area (Å²) in [5.41, 5.74) is 0. The van der Waals surface area contributed by atoms with E-state index in [1.807, 2.05) is 0 Å². The van der Waals surface area contributed by atoms with Gasteiger partial charge in [0.25, 0.3) is 0 Å². The monoisotopic (exact) mass is 190 g/mol. The smallest absolute Gasteiger partial charge is 0.00598 e. The first kappa shape index (κ1) is 7.59. The van der Waals surface area contributed by atoms with Crippen LogP contribution in [-0.4, -0.2) is 5.33 Å². The summed E-state index contributed by atoms with van der Waals surface area (Å²) in [5.74, 6) is 2.10. The molecule has 1 heteroatoms. The molecule has 0 aliphatic heterocycles. The lowest BCUT2D eigenvalue weighted by molar-refractivity contribution is 0.204. The molecule has 0 saturated heterocycles. The minimum atomic E-state index is 1.02. The number of halogens is 1. The third kappa shape index (κ3) is 1.96. The summed E-state index contributed by atoms with van der Waals surface area (Å²) in [7, 11) is 0. The zero-order chi connectivity index (χ0) is 6.69. The van der Waals surface area contributed by atoms with Crippen LogP contribution >= 0.6 is 15.9 Å². The van der Waals surface area contributed by atoms with Crippen LogP contribution in [0.2, 0.25) is 0 Å². The molecule has 9 heavy (non-hydrogen) atoms. The Morgan fingerprint density at radius 3 is 2.44 bits per heavy atom. The predicted molar refractivity (Wildman–Crippen MR) is 44.9 cm³/mol. The first-order chi connectivity index (χ1) is 4.36. The first-order valence-electron chi connectivity index (χ1n) is 3.92. The maximum Gasteiger partial charge on any atom is 0.00598 e. The van der Waals surface area contributed by atoms with E-state index >= 15 is 0 Å². The van der Waals surface area contributed by atoms with E-state index in [0.717, 1.165) is 11.8 Å². The average Bonchev–Trinajstić information content (AvgIpc) is 1.77. The van der Waals surface area contributed by atoms with E-state index in [9.17, 15) is 0 Å². The fourth-order valence-electron chi connectivity index (χ4n) is 1.64. The van der Waals surface area contributed by atoms with E-state index in [0.29, 0.717) is 0 Å². The minimum Gasteiger partial charge on any atom is -0.0925 e. The molecule has 0 aromatic rings. The topological polar surface area (TPSA) is 0 Å². The van der Waals surface area contributed by atoms with Crippen LogP contribution in [0.1, 0.15) is 32.6 Å². The number of hydrogen-bond donors (Lipinski definition) is 0. The molecule has 0 aromatic heterocycles. The van der Waals surface area contributed by atoms with Crippen molar-refractivity contribution in [3.63, 3.8) is 0 Å². The second-order valence-electron chi connectivity index (χ2n) is 3.15. The Balaban J connectivity index is 1.98. The molecule has 0 bridgehead atoms. The van der Waals surface area contributed by atoms with E-state index in [-0.39, 0.29) is 0 Å². The minimum absolute atomic E-state index is 1.02. The van der Waals surface area contributed by atoms with Crippen molar-refractivity contribution in [1.29, 1.82) is 0 Å². The molecule has 0 unspecified atom stereocenters. The molecule has 0 heterocycles. The summed E-state index contributed by atoms with van der Waals surface area (Å²) in [6.07, 6.45) is 5.81. The van der Waals surface area contributed by atoms with Crippen LogP contribution in [0.15, 0.2) is 0 Å². The molecule has 1 aliphatic carbocycles. The Kier molecular flexibility index (Phi) is 3.03. The highest BCUT2D eigenvalue weighted by Gasteiger charge is 2.26. The Morgan fingerprint density at radius 1 is 1.33 bits per heavy atom. The van der Waals surface area contributed by atoms with Crippen molar-refractivity contribution in [2.75, 3.05) is 5.33 Å². The highest BCUT2D eigenvalue weighted by atomic mass is 79.9. The van der Waals surface area contributed by atoms with Crippen molar-refractivity contribution >= 4 is 15.9 Å². The number of hydrogen-bond acceptors (Lipinski definition) is 0. The van der Waals surface area contributed by atoms with Crippen molar-refractivity contribution < 1.29 is 0 Å². The van der Waals surface area contributed by atoms with Gasteiger partial charge in [-0.05, 0) is 24.7 Å². The fraction of sp³-hybridized carbons (Fsp3) is 1.00. The van der Waals surface area contributed by atoms with Crippen LogP contribution in [0.4, 0.5) is 0 Å². The van der Waals surface area contributed by atoms with E-state index in [1.54, 1.807) is 0 Å². The molecule has 0 nitrogen and oxygen atoms in total. The van der Waals surface area contributed by atoms with Gasteiger partial charge in [-0.25, -0.2) is 0 Å². The lowest BCUT2D eigenvalue weighted by Gasteiger charge is -2.33. The fourth-order valence-corrected chi connectivity index (χ4v) is 2.17. The second kappa shape index (κ2) is 3.60. The SMILES string of the molecule is CCCC1CC(CBr)C1. The number of alkyl halides is 1. The van der Waals surface area contributed by atoms with Gasteiger partial charge in [-0.3, -0.25) is 0 Å². The van der Waals surface area contributed by atoms with E-state index in [1.165, 1.54) is 31.0 Å². The Labute approximate surface area is 66.2 Å². The summed E-state index contributed by atoms with van der Waals surface area (Å²) in [5, 5.41) is 1.23. The normalized spacial score (nSPS) is 34.0. The molecular formula is C8H15Br. The first-order valence-corrected chi connectivity index (χ1v) is 5.05. The van der Waals surface area contributed by atoms with Gasteiger partial charge in [0.05, 0.1) is 0 Å². The molecule has 0 spiro atoms. The molecule has 0 amide bonds. The summed E-state index contributed by atoms with van der Waals surface area (Å²) in [4.78, 5) is 0. The second-order valence-corrected chi connectivity index (χ2v) is 3.79. The molecule has 54 valence electrons.